The minimum Gasteiger partial charge on any atom is -0.331 e. The van der Waals surface area contributed by atoms with Gasteiger partial charge in [-0.05, 0) is 30.7 Å². The van der Waals surface area contributed by atoms with E-state index in [9.17, 15) is 4.79 Å². The minimum absolute atomic E-state index is 0.203. The van der Waals surface area contributed by atoms with Gasteiger partial charge in [-0.3, -0.25) is 4.79 Å². The summed E-state index contributed by atoms with van der Waals surface area (Å²) in [6, 6.07) is 7.73. The Labute approximate surface area is 106 Å². The molecule has 0 saturated heterocycles. The predicted molar refractivity (Wildman–Crippen MR) is 71.3 cm³/mol. The van der Waals surface area contributed by atoms with Crippen molar-refractivity contribution in [2.45, 2.75) is 13.5 Å². The third kappa shape index (κ3) is 2.85. The molecule has 18 heavy (non-hydrogen) atoms. The first-order chi connectivity index (χ1) is 8.69. The SMILES string of the molecule is C=CC(=O)Nc1cccc(Cn2ccnc2C)c1. The largest absolute Gasteiger partial charge is 0.331 e. The molecule has 1 aromatic heterocycles. The average molecular weight is 241 g/mol. The number of carbonyl (C=O) groups excluding carboxylic acids is 1. The summed E-state index contributed by atoms with van der Waals surface area (Å²) in [6.45, 7) is 6.13. The number of anilines is 1. The summed E-state index contributed by atoms with van der Waals surface area (Å²) < 4.78 is 2.05. The molecular weight excluding hydrogens is 226 g/mol. The molecule has 2 aromatic rings. The van der Waals surface area contributed by atoms with E-state index in [-0.39, 0.29) is 5.91 Å². The Morgan fingerprint density at radius 1 is 1.56 bits per heavy atom. The van der Waals surface area contributed by atoms with Gasteiger partial charge < -0.3 is 9.88 Å². The minimum atomic E-state index is -0.203. The van der Waals surface area contributed by atoms with Crippen LogP contribution in [0.3, 0.4) is 0 Å². The van der Waals surface area contributed by atoms with Gasteiger partial charge in [0.1, 0.15) is 5.82 Å². The van der Waals surface area contributed by atoms with E-state index in [1.54, 1.807) is 6.20 Å². The number of carbonyl (C=O) groups is 1. The fourth-order valence-corrected chi connectivity index (χ4v) is 1.71. The second-order valence-electron chi connectivity index (χ2n) is 4.00. The van der Waals surface area contributed by atoms with Crippen LogP contribution in [0.25, 0.3) is 0 Å². The molecule has 1 N–H and O–H groups in total. The van der Waals surface area contributed by atoms with Crippen LogP contribution in [0, 0.1) is 6.92 Å². The molecule has 4 heteroatoms. The summed E-state index contributed by atoms with van der Waals surface area (Å²) in [5, 5.41) is 2.74. The van der Waals surface area contributed by atoms with Crippen molar-refractivity contribution in [2.75, 3.05) is 5.32 Å². The highest BCUT2D eigenvalue weighted by Gasteiger charge is 2.01. The first-order valence-corrected chi connectivity index (χ1v) is 5.69. The van der Waals surface area contributed by atoms with Crippen LogP contribution in [-0.4, -0.2) is 15.5 Å². The van der Waals surface area contributed by atoms with Gasteiger partial charge in [0, 0.05) is 24.6 Å². The van der Waals surface area contributed by atoms with E-state index in [1.165, 1.54) is 6.08 Å². The van der Waals surface area contributed by atoms with E-state index in [1.807, 2.05) is 37.4 Å². The molecule has 0 atom stereocenters. The molecule has 0 aliphatic rings. The first-order valence-electron chi connectivity index (χ1n) is 5.69. The molecule has 0 radical (unpaired) electrons. The number of benzene rings is 1. The topological polar surface area (TPSA) is 46.9 Å². The van der Waals surface area contributed by atoms with Gasteiger partial charge in [-0.15, -0.1) is 0 Å². The zero-order valence-electron chi connectivity index (χ0n) is 10.3. The Morgan fingerprint density at radius 3 is 3.06 bits per heavy atom. The third-order valence-electron chi connectivity index (χ3n) is 2.66. The normalized spacial score (nSPS) is 10.1. The van der Waals surface area contributed by atoms with Gasteiger partial charge in [0.25, 0.3) is 0 Å². The van der Waals surface area contributed by atoms with Crippen LogP contribution in [0.5, 0.6) is 0 Å². The number of imidazole rings is 1. The fourth-order valence-electron chi connectivity index (χ4n) is 1.71. The zero-order valence-corrected chi connectivity index (χ0v) is 10.3. The smallest absolute Gasteiger partial charge is 0.247 e. The van der Waals surface area contributed by atoms with Crippen molar-refractivity contribution in [3.8, 4) is 0 Å². The van der Waals surface area contributed by atoms with Crippen LogP contribution in [0.15, 0.2) is 49.3 Å². The van der Waals surface area contributed by atoms with Crippen molar-refractivity contribution >= 4 is 11.6 Å². The van der Waals surface area contributed by atoms with Gasteiger partial charge in [0.2, 0.25) is 5.91 Å². The maximum atomic E-state index is 11.2. The molecule has 0 saturated carbocycles. The number of hydrogen-bond acceptors (Lipinski definition) is 2. The Balaban J connectivity index is 2.15. The monoisotopic (exact) mass is 241 g/mol. The number of aromatic nitrogens is 2. The van der Waals surface area contributed by atoms with Crippen LogP contribution in [-0.2, 0) is 11.3 Å². The number of rotatable bonds is 4. The van der Waals surface area contributed by atoms with E-state index < -0.39 is 0 Å². The van der Waals surface area contributed by atoms with Gasteiger partial charge in [0.15, 0.2) is 0 Å². The first kappa shape index (κ1) is 12.1. The van der Waals surface area contributed by atoms with Gasteiger partial charge >= 0.3 is 0 Å². The third-order valence-corrected chi connectivity index (χ3v) is 2.66. The molecule has 4 nitrogen and oxygen atoms in total. The lowest BCUT2D eigenvalue weighted by molar-refractivity contribution is -0.111. The van der Waals surface area contributed by atoms with Crippen molar-refractivity contribution in [2.24, 2.45) is 0 Å². The van der Waals surface area contributed by atoms with Gasteiger partial charge in [-0.2, -0.15) is 0 Å². The Hall–Kier alpha value is -2.36. The Bertz CT molecular complexity index is 572. The highest BCUT2D eigenvalue weighted by atomic mass is 16.1. The lowest BCUT2D eigenvalue weighted by atomic mass is 10.2. The van der Waals surface area contributed by atoms with Crippen LogP contribution in [0.1, 0.15) is 11.4 Å². The Morgan fingerprint density at radius 2 is 2.39 bits per heavy atom. The van der Waals surface area contributed by atoms with E-state index in [0.717, 1.165) is 23.6 Å². The molecule has 2 rings (SSSR count). The number of aryl methyl sites for hydroxylation is 1. The molecule has 0 aliphatic heterocycles. The van der Waals surface area contributed by atoms with Crippen molar-refractivity contribution in [1.29, 1.82) is 0 Å². The van der Waals surface area contributed by atoms with E-state index in [0.29, 0.717) is 0 Å². The lowest BCUT2D eigenvalue weighted by Gasteiger charge is -2.08. The van der Waals surface area contributed by atoms with Crippen molar-refractivity contribution < 1.29 is 4.79 Å². The zero-order chi connectivity index (χ0) is 13.0. The molecule has 1 aromatic carbocycles. The van der Waals surface area contributed by atoms with Crippen LogP contribution < -0.4 is 5.32 Å². The summed E-state index contributed by atoms with van der Waals surface area (Å²) in [7, 11) is 0. The van der Waals surface area contributed by atoms with E-state index in [4.69, 9.17) is 0 Å². The second kappa shape index (κ2) is 5.31. The summed E-state index contributed by atoms with van der Waals surface area (Å²) in [6.07, 6.45) is 4.97. The van der Waals surface area contributed by atoms with Crippen molar-refractivity contribution in [3.63, 3.8) is 0 Å². The molecular formula is C14H15N3O. The van der Waals surface area contributed by atoms with Gasteiger partial charge in [-0.1, -0.05) is 18.7 Å². The Kier molecular flexibility index (Phi) is 3.57. The fraction of sp³-hybridized carbons (Fsp3) is 0.143. The van der Waals surface area contributed by atoms with E-state index >= 15 is 0 Å². The van der Waals surface area contributed by atoms with Gasteiger partial charge in [-0.25, -0.2) is 4.98 Å². The summed E-state index contributed by atoms with van der Waals surface area (Å²) in [4.78, 5) is 15.4. The molecule has 92 valence electrons. The summed E-state index contributed by atoms with van der Waals surface area (Å²) in [5.74, 6) is 0.765. The van der Waals surface area contributed by atoms with Crippen LogP contribution in [0.2, 0.25) is 0 Å². The van der Waals surface area contributed by atoms with Crippen LogP contribution in [0.4, 0.5) is 5.69 Å². The number of amides is 1. The van der Waals surface area contributed by atoms with E-state index in [2.05, 4.69) is 21.4 Å². The lowest BCUT2D eigenvalue weighted by Crippen LogP contribution is -2.08. The molecule has 0 unspecified atom stereocenters. The highest BCUT2D eigenvalue weighted by Crippen LogP contribution is 2.12. The summed E-state index contributed by atoms with van der Waals surface area (Å²) >= 11 is 0. The molecule has 0 fully saturated rings. The molecule has 1 heterocycles. The molecule has 0 spiro atoms. The highest BCUT2D eigenvalue weighted by molar-refractivity contribution is 5.98. The number of nitrogens with one attached hydrogen (secondary N) is 1. The molecule has 1 amide bonds. The quantitative estimate of drug-likeness (QED) is 0.835. The predicted octanol–water partition coefficient (Wildman–Crippen LogP) is 2.36. The average Bonchev–Trinajstić information content (AvgIpc) is 2.75. The van der Waals surface area contributed by atoms with Crippen LogP contribution >= 0.6 is 0 Å². The standard InChI is InChI=1S/C14H15N3O/c1-3-14(18)16-13-6-4-5-12(9-13)10-17-8-7-15-11(17)2/h3-9H,1,10H2,2H3,(H,16,18). The number of nitrogens with zero attached hydrogens (tertiary/aromatic N) is 2. The maximum absolute atomic E-state index is 11.2. The molecule has 0 bridgehead atoms. The maximum Gasteiger partial charge on any atom is 0.247 e. The summed E-state index contributed by atoms with van der Waals surface area (Å²) in [5.41, 5.74) is 1.88. The van der Waals surface area contributed by atoms with Crippen molar-refractivity contribution in [3.05, 3.63) is 60.7 Å². The second-order valence-corrected chi connectivity index (χ2v) is 4.00. The van der Waals surface area contributed by atoms with Crippen molar-refractivity contribution in [1.82, 2.24) is 9.55 Å². The number of hydrogen-bond donors (Lipinski definition) is 1. The molecule has 0 aliphatic carbocycles. The van der Waals surface area contributed by atoms with Gasteiger partial charge in [0.05, 0.1) is 0 Å².